The Kier molecular flexibility index (Phi) is 6.51. The second-order valence-electron chi connectivity index (χ2n) is 10.6. The van der Waals surface area contributed by atoms with Gasteiger partial charge in [0.2, 0.25) is 17.4 Å². The van der Waals surface area contributed by atoms with E-state index in [1.807, 2.05) is 36.4 Å². The minimum Gasteiger partial charge on any atom is -0.744 e. The van der Waals surface area contributed by atoms with E-state index in [1.165, 1.54) is 0 Å². The smallest absolute Gasteiger partial charge is 0.315 e. The molecule has 1 N–H and O–H groups in total. The molecule has 0 saturated heterocycles. The van der Waals surface area contributed by atoms with E-state index < -0.39 is 73.9 Å². The van der Waals surface area contributed by atoms with E-state index in [-0.39, 0.29) is 11.8 Å². The van der Waals surface area contributed by atoms with Gasteiger partial charge in [-0.1, -0.05) is 61.4 Å². The molecule has 0 spiro atoms. The fourth-order valence-corrected chi connectivity index (χ4v) is 7.80. The van der Waals surface area contributed by atoms with Gasteiger partial charge in [-0.25, -0.2) is 17.2 Å². The molecule has 40 heavy (non-hydrogen) atoms. The van der Waals surface area contributed by atoms with E-state index in [0.29, 0.717) is 12.8 Å². The summed E-state index contributed by atoms with van der Waals surface area (Å²) in [6.45, 7) is 0. The zero-order valence-corrected chi connectivity index (χ0v) is 21.6. The zero-order valence-electron chi connectivity index (χ0n) is 20.8. The van der Waals surface area contributed by atoms with Crippen LogP contribution in [0.4, 0.5) is 17.6 Å². The van der Waals surface area contributed by atoms with Crippen molar-refractivity contribution in [3.63, 3.8) is 0 Å². The van der Waals surface area contributed by atoms with Crippen LogP contribution in [0.3, 0.4) is 0 Å². The molecule has 11 heteroatoms. The van der Waals surface area contributed by atoms with Crippen LogP contribution in [0.1, 0.15) is 59.8 Å². The van der Waals surface area contributed by atoms with E-state index in [9.17, 15) is 40.4 Å². The van der Waals surface area contributed by atoms with Gasteiger partial charge in [0.1, 0.15) is 15.0 Å². The number of hydrogen-bond acceptors (Lipinski definition) is 6. The number of fused-ring (bicyclic) bond motifs is 1. The van der Waals surface area contributed by atoms with Crippen LogP contribution in [-0.4, -0.2) is 30.2 Å². The summed E-state index contributed by atoms with van der Waals surface area (Å²) in [7, 11) is -5.93. The topological polar surface area (TPSA) is 104 Å². The Labute approximate surface area is 227 Å². The first-order valence-electron chi connectivity index (χ1n) is 12.9. The van der Waals surface area contributed by atoms with Crippen LogP contribution in [0, 0.1) is 41.0 Å². The van der Waals surface area contributed by atoms with Gasteiger partial charge in [0.15, 0.2) is 11.6 Å². The molecule has 0 radical (unpaired) electrons. The summed E-state index contributed by atoms with van der Waals surface area (Å²) in [4.78, 5) is 11.6. The number of halogens is 4. The number of carbonyl (C=O) groups is 1. The molecule has 7 rings (SSSR count). The maximum absolute atomic E-state index is 14.8. The molecule has 2 bridgehead atoms. The molecular weight excluding hydrogens is 552 g/mol. The standard InChI is InChI=1S/C29H24F4O6S/c30-23-25(32)28(40(36,37)38)26(33)24(31)27(23)39-29(35)22-20-15-9-3-1-7-13(15)19(14-8-2-4-10-16(14)20)21(22)17-11-5-6-12-18(17)34/h1-4,7-10,17-22,34H,5-6,11-12H2,(H,36,37,38)/p-1. The lowest BCUT2D eigenvalue weighted by molar-refractivity contribution is -0.145. The van der Waals surface area contributed by atoms with E-state index in [2.05, 4.69) is 0 Å². The molecule has 3 aromatic rings. The van der Waals surface area contributed by atoms with Crippen molar-refractivity contribution in [2.45, 2.75) is 48.5 Å². The largest absolute Gasteiger partial charge is 0.744 e. The molecule has 0 heterocycles. The number of rotatable bonds is 4. The van der Waals surface area contributed by atoms with E-state index >= 15 is 0 Å². The first kappa shape index (κ1) is 26.9. The van der Waals surface area contributed by atoms with Gasteiger partial charge in [-0.2, -0.15) is 8.78 Å². The number of aliphatic hydroxyl groups is 1. The van der Waals surface area contributed by atoms with E-state index in [0.717, 1.165) is 35.1 Å². The molecule has 6 nitrogen and oxygen atoms in total. The van der Waals surface area contributed by atoms with Gasteiger partial charge in [0.05, 0.1) is 12.0 Å². The Hall–Kier alpha value is -3.28. The van der Waals surface area contributed by atoms with Crippen molar-refractivity contribution >= 4 is 16.1 Å². The summed E-state index contributed by atoms with van der Waals surface area (Å²) in [5.41, 5.74) is 3.50. The molecule has 210 valence electrons. The highest BCUT2D eigenvalue weighted by Crippen LogP contribution is 2.61. The lowest BCUT2D eigenvalue weighted by Gasteiger charge is -2.53. The van der Waals surface area contributed by atoms with Crippen LogP contribution in [0.2, 0.25) is 0 Å². The summed E-state index contributed by atoms with van der Waals surface area (Å²) in [6, 6.07) is 14.9. The third kappa shape index (κ3) is 3.97. The van der Waals surface area contributed by atoms with Crippen LogP contribution < -0.4 is 4.74 Å². The fourth-order valence-electron chi connectivity index (χ4n) is 7.19. The van der Waals surface area contributed by atoms with Crippen LogP contribution >= 0.6 is 0 Å². The SMILES string of the molecule is O=C(Oc1c(F)c(F)c(S(=O)(=O)[O-])c(F)c1F)C1C2c3ccccc3C(c3ccccc32)C1C1CCCCC1O. The average Bonchev–Trinajstić information content (AvgIpc) is 2.93. The third-order valence-corrected chi connectivity index (χ3v) is 9.53. The molecule has 4 aliphatic carbocycles. The monoisotopic (exact) mass is 575 g/mol. The summed E-state index contributed by atoms with van der Waals surface area (Å²) in [5.74, 6) is -15.6. The van der Waals surface area contributed by atoms with Gasteiger partial charge in [-0.05, 0) is 46.9 Å². The number of esters is 1. The maximum atomic E-state index is 14.8. The summed E-state index contributed by atoms with van der Waals surface area (Å²) in [5, 5.41) is 11.0. The maximum Gasteiger partial charge on any atom is 0.315 e. The summed E-state index contributed by atoms with van der Waals surface area (Å²) >= 11 is 0. The minimum atomic E-state index is -5.93. The summed E-state index contributed by atoms with van der Waals surface area (Å²) in [6.07, 6.45) is 1.94. The van der Waals surface area contributed by atoms with E-state index in [1.54, 1.807) is 12.1 Å². The highest BCUT2D eigenvalue weighted by atomic mass is 32.2. The second-order valence-corrected chi connectivity index (χ2v) is 11.9. The molecule has 4 unspecified atom stereocenters. The molecule has 0 amide bonds. The van der Waals surface area contributed by atoms with Crippen LogP contribution in [-0.2, 0) is 14.9 Å². The van der Waals surface area contributed by atoms with Crippen LogP contribution in [0.5, 0.6) is 5.75 Å². The Morgan fingerprint density at radius 1 is 0.800 bits per heavy atom. The van der Waals surface area contributed by atoms with Gasteiger partial charge in [0, 0.05) is 11.8 Å². The Bertz CT molecular complexity index is 1560. The Balaban J connectivity index is 1.51. The molecular formula is C29H23F4O6S-. The third-order valence-electron chi connectivity index (χ3n) is 8.67. The van der Waals surface area contributed by atoms with Crippen LogP contribution in [0.25, 0.3) is 0 Å². The fraction of sp³-hybridized carbons (Fsp3) is 0.345. The van der Waals surface area contributed by atoms with Crippen molar-refractivity contribution in [3.05, 3.63) is 94.1 Å². The number of carbonyl (C=O) groups excluding carboxylic acids is 1. The van der Waals surface area contributed by atoms with Gasteiger partial charge in [0.25, 0.3) is 0 Å². The molecule has 4 atom stereocenters. The van der Waals surface area contributed by atoms with Crippen molar-refractivity contribution in [2.24, 2.45) is 17.8 Å². The van der Waals surface area contributed by atoms with E-state index in [4.69, 9.17) is 4.74 Å². The highest BCUT2D eigenvalue weighted by Gasteiger charge is 2.56. The molecule has 0 aliphatic heterocycles. The predicted octanol–water partition coefficient (Wildman–Crippen LogP) is 5.13. The van der Waals surface area contributed by atoms with Crippen molar-refractivity contribution in [3.8, 4) is 5.75 Å². The lowest BCUT2D eigenvalue weighted by atomic mass is 9.50. The van der Waals surface area contributed by atoms with Gasteiger partial charge < -0.3 is 14.4 Å². The normalized spacial score (nSPS) is 27.1. The first-order valence-corrected chi connectivity index (χ1v) is 14.3. The van der Waals surface area contributed by atoms with Crippen molar-refractivity contribution in [1.29, 1.82) is 0 Å². The molecule has 1 saturated carbocycles. The number of benzene rings is 3. The molecule has 0 aromatic heterocycles. The molecule has 1 fully saturated rings. The zero-order chi connectivity index (χ0) is 28.5. The average molecular weight is 576 g/mol. The highest BCUT2D eigenvalue weighted by molar-refractivity contribution is 7.85. The number of hydrogen-bond donors (Lipinski definition) is 1. The van der Waals surface area contributed by atoms with Crippen molar-refractivity contribution in [2.75, 3.05) is 0 Å². The number of aliphatic hydroxyl groups excluding tert-OH is 1. The summed E-state index contributed by atoms with van der Waals surface area (Å²) < 4.78 is 97.3. The Morgan fingerprint density at radius 2 is 1.27 bits per heavy atom. The first-order chi connectivity index (χ1) is 19.0. The second kappa shape index (κ2) is 9.67. The van der Waals surface area contributed by atoms with Crippen molar-refractivity contribution < 1.29 is 45.2 Å². The number of ether oxygens (including phenoxy) is 1. The van der Waals surface area contributed by atoms with Crippen molar-refractivity contribution in [1.82, 2.24) is 0 Å². The van der Waals surface area contributed by atoms with Gasteiger partial charge >= 0.3 is 5.97 Å². The molecule has 4 aliphatic rings. The predicted molar refractivity (Wildman–Crippen MR) is 131 cm³/mol. The Morgan fingerprint density at radius 3 is 1.75 bits per heavy atom. The minimum absolute atomic E-state index is 0.371. The van der Waals surface area contributed by atoms with Crippen LogP contribution in [0.15, 0.2) is 53.4 Å². The quantitative estimate of drug-likeness (QED) is 0.152. The van der Waals surface area contributed by atoms with Gasteiger partial charge in [-0.3, -0.25) is 4.79 Å². The van der Waals surface area contributed by atoms with Gasteiger partial charge in [-0.15, -0.1) is 0 Å². The lowest BCUT2D eigenvalue weighted by Crippen LogP contribution is -2.50. The molecule has 3 aromatic carbocycles.